The fourth-order valence-corrected chi connectivity index (χ4v) is 1.94. The van der Waals surface area contributed by atoms with Gasteiger partial charge in [0.15, 0.2) is 0 Å². The fourth-order valence-electron chi connectivity index (χ4n) is 1.47. The van der Waals surface area contributed by atoms with E-state index in [1.165, 1.54) is 12.1 Å². The molecular weight excluding hydrogens is 287 g/mol. The minimum absolute atomic E-state index is 0.256. The monoisotopic (exact) mass is 302 g/mol. The van der Waals surface area contributed by atoms with E-state index in [0.717, 1.165) is 6.54 Å². The molecule has 0 aliphatic carbocycles. The van der Waals surface area contributed by atoms with Crippen LogP contribution in [-0.4, -0.2) is 26.0 Å². The molecule has 17 heavy (non-hydrogen) atoms. The van der Waals surface area contributed by atoms with Crippen molar-refractivity contribution in [1.29, 1.82) is 0 Å². The van der Waals surface area contributed by atoms with Crippen LogP contribution in [0.15, 0.2) is 22.7 Å². The predicted octanol–water partition coefficient (Wildman–Crippen LogP) is 2.17. The van der Waals surface area contributed by atoms with Gasteiger partial charge in [0, 0.05) is 16.6 Å². The standard InChI is InChI=1S/C12H16BrFN2O/c1-8(6-15-2)7-16-12(17)9-3-10(13)5-11(14)4-9/h3-5,8,15H,6-7H2,1-2H3,(H,16,17). The molecule has 1 rings (SSSR count). The van der Waals surface area contributed by atoms with Crippen molar-refractivity contribution in [3.63, 3.8) is 0 Å². The quantitative estimate of drug-likeness (QED) is 0.875. The Kier molecular flexibility index (Phi) is 5.58. The Morgan fingerprint density at radius 2 is 2.12 bits per heavy atom. The largest absolute Gasteiger partial charge is 0.352 e. The zero-order valence-corrected chi connectivity index (χ0v) is 11.5. The van der Waals surface area contributed by atoms with Crippen LogP contribution in [0.25, 0.3) is 0 Å². The van der Waals surface area contributed by atoms with E-state index in [0.29, 0.717) is 22.5 Å². The summed E-state index contributed by atoms with van der Waals surface area (Å²) in [6, 6.07) is 4.14. The number of carbonyl (C=O) groups is 1. The number of nitrogens with one attached hydrogen (secondary N) is 2. The molecule has 1 aromatic carbocycles. The molecule has 1 unspecified atom stereocenters. The molecule has 0 aliphatic heterocycles. The molecule has 1 atom stereocenters. The van der Waals surface area contributed by atoms with Crippen molar-refractivity contribution >= 4 is 21.8 Å². The number of rotatable bonds is 5. The van der Waals surface area contributed by atoms with Gasteiger partial charge in [0.05, 0.1) is 0 Å². The molecule has 1 amide bonds. The fraction of sp³-hybridized carbons (Fsp3) is 0.417. The maximum Gasteiger partial charge on any atom is 0.251 e. The van der Waals surface area contributed by atoms with Crippen molar-refractivity contribution in [2.75, 3.05) is 20.1 Å². The molecule has 1 aromatic rings. The number of halogens is 2. The van der Waals surface area contributed by atoms with Crippen molar-refractivity contribution in [2.45, 2.75) is 6.92 Å². The summed E-state index contributed by atoms with van der Waals surface area (Å²) in [7, 11) is 1.86. The Labute approximate surface area is 109 Å². The molecule has 0 fully saturated rings. The lowest BCUT2D eigenvalue weighted by Crippen LogP contribution is -2.32. The summed E-state index contributed by atoms with van der Waals surface area (Å²) in [6.07, 6.45) is 0. The average Bonchev–Trinajstić information content (AvgIpc) is 2.25. The van der Waals surface area contributed by atoms with Gasteiger partial charge in [0.1, 0.15) is 5.82 Å². The molecule has 3 nitrogen and oxygen atoms in total. The maximum atomic E-state index is 13.1. The van der Waals surface area contributed by atoms with E-state index in [1.807, 2.05) is 14.0 Å². The van der Waals surface area contributed by atoms with Gasteiger partial charge in [0.2, 0.25) is 0 Å². The average molecular weight is 303 g/mol. The van der Waals surface area contributed by atoms with Crippen molar-refractivity contribution < 1.29 is 9.18 Å². The van der Waals surface area contributed by atoms with E-state index in [2.05, 4.69) is 26.6 Å². The molecule has 0 spiro atoms. The predicted molar refractivity (Wildman–Crippen MR) is 69.5 cm³/mol. The molecule has 0 bridgehead atoms. The third-order valence-corrected chi connectivity index (χ3v) is 2.75. The third kappa shape index (κ3) is 4.83. The van der Waals surface area contributed by atoms with Gasteiger partial charge in [-0.15, -0.1) is 0 Å². The van der Waals surface area contributed by atoms with E-state index in [-0.39, 0.29) is 5.91 Å². The van der Waals surface area contributed by atoms with Gasteiger partial charge in [-0.1, -0.05) is 22.9 Å². The van der Waals surface area contributed by atoms with Crippen molar-refractivity contribution in [3.05, 3.63) is 34.1 Å². The van der Waals surface area contributed by atoms with Crippen LogP contribution in [0, 0.1) is 11.7 Å². The van der Waals surface area contributed by atoms with Crippen LogP contribution in [0.3, 0.4) is 0 Å². The molecule has 0 heterocycles. The molecule has 0 saturated carbocycles. The van der Waals surface area contributed by atoms with Gasteiger partial charge >= 0.3 is 0 Å². The summed E-state index contributed by atoms with van der Waals surface area (Å²) >= 11 is 3.16. The summed E-state index contributed by atoms with van der Waals surface area (Å²) in [5.41, 5.74) is 0.327. The molecule has 0 radical (unpaired) electrons. The number of hydrogen-bond acceptors (Lipinski definition) is 2. The molecule has 0 saturated heterocycles. The first-order valence-electron chi connectivity index (χ1n) is 5.42. The van der Waals surface area contributed by atoms with Crippen LogP contribution >= 0.6 is 15.9 Å². The second kappa shape index (κ2) is 6.71. The third-order valence-electron chi connectivity index (χ3n) is 2.29. The van der Waals surface area contributed by atoms with Crippen LogP contribution in [0.1, 0.15) is 17.3 Å². The SMILES string of the molecule is CNCC(C)CNC(=O)c1cc(F)cc(Br)c1. The van der Waals surface area contributed by atoms with E-state index < -0.39 is 5.82 Å². The zero-order chi connectivity index (χ0) is 12.8. The van der Waals surface area contributed by atoms with Gasteiger partial charge in [-0.2, -0.15) is 0 Å². The van der Waals surface area contributed by atoms with E-state index >= 15 is 0 Å². The molecule has 94 valence electrons. The minimum atomic E-state index is -0.423. The zero-order valence-electron chi connectivity index (χ0n) is 9.89. The topological polar surface area (TPSA) is 41.1 Å². The van der Waals surface area contributed by atoms with Gasteiger partial charge < -0.3 is 10.6 Å². The highest BCUT2D eigenvalue weighted by Gasteiger charge is 2.09. The Hall–Kier alpha value is -0.940. The Bertz CT molecular complexity index is 378. The van der Waals surface area contributed by atoms with Crippen LogP contribution in [-0.2, 0) is 0 Å². The number of benzene rings is 1. The lowest BCUT2D eigenvalue weighted by Gasteiger charge is -2.12. The van der Waals surface area contributed by atoms with E-state index in [1.54, 1.807) is 6.07 Å². The highest BCUT2D eigenvalue weighted by atomic mass is 79.9. The minimum Gasteiger partial charge on any atom is -0.352 e. The van der Waals surface area contributed by atoms with Crippen molar-refractivity contribution in [3.8, 4) is 0 Å². The molecule has 0 aromatic heterocycles. The summed E-state index contributed by atoms with van der Waals surface area (Å²) in [4.78, 5) is 11.7. The maximum absolute atomic E-state index is 13.1. The first kappa shape index (κ1) is 14.1. The lowest BCUT2D eigenvalue weighted by molar-refractivity contribution is 0.0947. The van der Waals surface area contributed by atoms with E-state index in [9.17, 15) is 9.18 Å². The Balaban J connectivity index is 2.58. The number of amides is 1. The molecule has 2 N–H and O–H groups in total. The second-order valence-electron chi connectivity index (χ2n) is 4.03. The highest BCUT2D eigenvalue weighted by Crippen LogP contribution is 2.14. The Morgan fingerprint density at radius 1 is 1.41 bits per heavy atom. The lowest BCUT2D eigenvalue weighted by atomic mass is 10.1. The molecule has 0 aliphatic rings. The summed E-state index contributed by atoms with van der Waals surface area (Å²) in [6.45, 7) is 3.42. The van der Waals surface area contributed by atoms with Gasteiger partial charge in [-0.05, 0) is 37.7 Å². The Morgan fingerprint density at radius 3 is 2.71 bits per heavy atom. The highest BCUT2D eigenvalue weighted by molar-refractivity contribution is 9.10. The first-order valence-corrected chi connectivity index (χ1v) is 6.21. The summed E-state index contributed by atoms with van der Waals surface area (Å²) in [5, 5.41) is 5.80. The van der Waals surface area contributed by atoms with E-state index in [4.69, 9.17) is 0 Å². The van der Waals surface area contributed by atoms with Crippen molar-refractivity contribution in [1.82, 2.24) is 10.6 Å². The number of carbonyl (C=O) groups excluding carboxylic acids is 1. The van der Waals surface area contributed by atoms with Crippen molar-refractivity contribution in [2.24, 2.45) is 5.92 Å². The first-order chi connectivity index (χ1) is 8.02. The van der Waals surface area contributed by atoms with Crippen LogP contribution in [0.4, 0.5) is 4.39 Å². The van der Waals surface area contributed by atoms with Crippen LogP contribution < -0.4 is 10.6 Å². The molecular formula is C12H16BrFN2O. The van der Waals surface area contributed by atoms with Gasteiger partial charge in [-0.3, -0.25) is 4.79 Å². The number of hydrogen-bond donors (Lipinski definition) is 2. The van der Waals surface area contributed by atoms with Crippen LogP contribution in [0.5, 0.6) is 0 Å². The summed E-state index contributed by atoms with van der Waals surface area (Å²) < 4.78 is 13.6. The van der Waals surface area contributed by atoms with Crippen LogP contribution in [0.2, 0.25) is 0 Å². The normalized spacial score (nSPS) is 12.2. The smallest absolute Gasteiger partial charge is 0.251 e. The summed E-state index contributed by atoms with van der Waals surface area (Å²) in [5.74, 6) is -0.345. The van der Waals surface area contributed by atoms with Gasteiger partial charge in [0.25, 0.3) is 5.91 Å². The molecule has 5 heteroatoms. The second-order valence-corrected chi connectivity index (χ2v) is 4.95. The van der Waals surface area contributed by atoms with Gasteiger partial charge in [-0.25, -0.2) is 4.39 Å².